The van der Waals surface area contributed by atoms with E-state index in [1.165, 1.54) is 7.11 Å². The quantitative estimate of drug-likeness (QED) is 0.528. The first-order chi connectivity index (χ1) is 14.6. The highest BCUT2D eigenvalue weighted by molar-refractivity contribution is 6.04. The highest BCUT2D eigenvalue weighted by Crippen LogP contribution is 2.27. The van der Waals surface area contributed by atoms with Crippen LogP contribution in [0, 0.1) is 0 Å². The number of carbonyl (C=O) groups is 2. The maximum absolute atomic E-state index is 12.8. The van der Waals surface area contributed by atoms with E-state index in [4.69, 9.17) is 14.2 Å². The molecule has 0 saturated heterocycles. The number of fused-ring (bicyclic) bond motifs is 1. The predicted octanol–water partition coefficient (Wildman–Crippen LogP) is 4.00. The van der Waals surface area contributed by atoms with Gasteiger partial charge < -0.3 is 19.1 Å². The van der Waals surface area contributed by atoms with Gasteiger partial charge in [-0.05, 0) is 24.4 Å². The lowest BCUT2D eigenvalue weighted by Gasteiger charge is -2.22. The van der Waals surface area contributed by atoms with Gasteiger partial charge in [0.15, 0.2) is 6.61 Å². The Morgan fingerprint density at radius 1 is 0.933 bits per heavy atom. The van der Waals surface area contributed by atoms with Crippen molar-refractivity contribution in [3.05, 3.63) is 66.2 Å². The van der Waals surface area contributed by atoms with Crippen molar-refractivity contribution in [2.24, 2.45) is 0 Å². The first kappa shape index (κ1) is 21.2. The van der Waals surface area contributed by atoms with Crippen molar-refractivity contribution < 1.29 is 23.8 Å². The third-order valence-corrected chi connectivity index (χ3v) is 4.86. The predicted molar refractivity (Wildman–Crippen MR) is 116 cm³/mol. The first-order valence-corrected chi connectivity index (χ1v) is 9.72. The van der Waals surface area contributed by atoms with Crippen LogP contribution in [0.5, 0.6) is 11.5 Å². The van der Waals surface area contributed by atoms with E-state index in [0.29, 0.717) is 23.6 Å². The zero-order chi connectivity index (χ0) is 21.5. The molecule has 0 saturated carbocycles. The average Bonchev–Trinajstić information content (AvgIpc) is 2.78. The van der Waals surface area contributed by atoms with Crippen molar-refractivity contribution in [1.82, 2.24) is 0 Å². The smallest absolute Gasteiger partial charge is 0.310 e. The van der Waals surface area contributed by atoms with E-state index in [-0.39, 0.29) is 18.9 Å². The molecule has 6 nitrogen and oxygen atoms in total. The van der Waals surface area contributed by atoms with Gasteiger partial charge in [0.1, 0.15) is 11.5 Å². The fourth-order valence-electron chi connectivity index (χ4n) is 3.35. The van der Waals surface area contributed by atoms with Crippen molar-refractivity contribution in [2.45, 2.75) is 13.3 Å². The summed E-state index contributed by atoms with van der Waals surface area (Å²) < 4.78 is 15.7. The van der Waals surface area contributed by atoms with Crippen molar-refractivity contribution in [1.29, 1.82) is 0 Å². The SMILES string of the molecule is CCN(C(=O)COC(=O)Cc1ccc(OC)cc1OC)c1cccc2ccccc12. The Bertz CT molecular complexity index is 1040. The van der Waals surface area contributed by atoms with Gasteiger partial charge in [-0.15, -0.1) is 0 Å². The van der Waals surface area contributed by atoms with Gasteiger partial charge in [0.2, 0.25) is 0 Å². The standard InChI is InChI=1S/C24H25NO5/c1-4-25(21-11-7-9-17-8-5-6-10-20(17)21)23(26)16-30-24(27)14-18-12-13-19(28-2)15-22(18)29-3/h5-13,15H,4,14,16H2,1-3H3. The van der Waals surface area contributed by atoms with Gasteiger partial charge in [-0.25, -0.2) is 0 Å². The Balaban J connectivity index is 1.67. The third-order valence-electron chi connectivity index (χ3n) is 4.86. The van der Waals surface area contributed by atoms with Crippen LogP contribution in [0.3, 0.4) is 0 Å². The lowest BCUT2D eigenvalue weighted by molar-refractivity contribution is -0.147. The van der Waals surface area contributed by atoms with Gasteiger partial charge in [0.25, 0.3) is 5.91 Å². The molecule has 3 aromatic carbocycles. The summed E-state index contributed by atoms with van der Waals surface area (Å²) in [6.07, 6.45) is 0.000834. The fraction of sp³-hybridized carbons (Fsp3) is 0.250. The molecule has 0 heterocycles. The van der Waals surface area contributed by atoms with E-state index in [2.05, 4.69) is 0 Å². The van der Waals surface area contributed by atoms with Crippen LogP contribution in [0.15, 0.2) is 60.7 Å². The van der Waals surface area contributed by atoms with Crippen LogP contribution in [0.4, 0.5) is 5.69 Å². The molecule has 6 heteroatoms. The van der Waals surface area contributed by atoms with Gasteiger partial charge in [0, 0.05) is 23.6 Å². The molecule has 30 heavy (non-hydrogen) atoms. The zero-order valence-electron chi connectivity index (χ0n) is 17.4. The number of ether oxygens (including phenoxy) is 3. The maximum atomic E-state index is 12.8. The zero-order valence-corrected chi connectivity index (χ0v) is 17.4. The molecule has 0 aliphatic heterocycles. The second-order valence-corrected chi connectivity index (χ2v) is 6.65. The molecule has 0 bridgehead atoms. The number of anilines is 1. The molecule has 0 spiro atoms. The Kier molecular flexibility index (Phi) is 6.91. The molecule has 0 atom stereocenters. The number of esters is 1. The Hall–Kier alpha value is -3.54. The van der Waals surface area contributed by atoms with E-state index >= 15 is 0 Å². The van der Waals surface area contributed by atoms with Crippen LogP contribution < -0.4 is 14.4 Å². The number of likely N-dealkylation sites (N-methyl/N-ethyl adjacent to an activating group) is 1. The fourth-order valence-corrected chi connectivity index (χ4v) is 3.35. The van der Waals surface area contributed by atoms with Crippen LogP contribution in [0.2, 0.25) is 0 Å². The van der Waals surface area contributed by atoms with Gasteiger partial charge in [0.05, 0.1) is 26.3 Å². The molecule has 0 N–H and O–H groups in total. The number of hydrogen-bond acceptors (Lipinski definition) is 5. The maximum Gasteiger partial charge on any atom is 0.310 e. The molecule has 0 unspecified atom stereocenters. The van der Waals surface area contributed by atoms with E-state index in [1.807, 2.05) is 49.4 Å². The molecule has 3 aromatic rings. The minimum Gasteiger partial charge on any atom is -0.497 e. The largest absolute Gasteiger partial charge is 0.497 e. The molecule has 0 fully saturated rings. The van der Waals surface area contributed by atoms with E-state index in [9.17, 15) is 9.59 Å². The molecule has 0 radical (unpaired) electrons. The third kappa shape index (κ3) is 4.71. The summed E-state index contributed by atoms with van der Waals surface area (Å²) in [6.45, 7) is 2.04. The highest BCUT2D eigenvalue weighted by Gasteiger charge is 2.19. The molecule has 156 valence electrons. The van der Waals surface area contributed by atoms with Crippen molar-refractivity contribution >= 4 is 28.3 Å². The molecular formula is C24H25NO5. The van der Waals surface area contributed by atoms with Crippen molar-refractivity contribution in [3.63, 3.8) is 0 Å². The number of amides is 1. The second-order valence-electron chi connectivity index (χ2n) is 6.65. The second kappa shape index (κ2) is 9.78. The van der Waals surface area contributed by atoms with Crippen LogP contribution in [-0.2, 0) is 20.7 Å². The van der Waals surface area contributed by atoms with E-state index in [1.54, 1.807) is 30.2 Å². The minimum atomic E-state index is -0.499. The Morgan fingerprint density at radius 3 is 2.43 bits per heavy atom. The summed E-state index contributed by atoms with van der Waals surface area (Å²) in [7, 11) is 3.08. The van der Waals surface area contributed by atoms with E-state index in [0.717, 1.165) is 16.5 Å². The van der Waals surface area contributed by atoms with Gasteiger partial charge >= 0.3 is 5.97 Å². The van der Waals surface area contributed by atoms with Crippen LogP contribution in [0.25, 0.3) is 10.8 Å². The number of benzene rings is 3. The van der Waals surface area contributed by atoms with Crippen LogP contribution in [0.1, 0.15) is 12.5 Å². The summed E-state index contributed by atoms with van der Waals surface area (Å²) in [5, 5.41) is 2.02. The summed E-state index contributed by atoms with van der Waals surface area (Å²) in [4.78, 5) is 26.7. The summed E-state index contributed by atoms with van der Waals surface area (Å²) in [6, 6.07) is 18.9. The molecule has 0 aliphatic rings. The summed E-state index contributed by atoms with van der Waals surface area (Å²) in [5.41, 5.74) is 1.46. The highest BCUT2D eigenvalue weighted by atomic mass is 16.5. The number of hydrogen-bond donors (Lipinski definition) is 0. The first-order valence-electron chi connectivity index (χ1n) is 9.72. The van der Waals surface area contributed by atoms with Gasteiger partial charge in [-0.3, -0.25) is 9.59 Å². The minimum absolute atomic E-state index is 0.000834. The van der Waals surface area contributed by atoms with Crippen molar-refractivity contribution in [3.8, 4) is 11.5 Å². The number of carbonyl (C=O) groups excluding carboxylic acids is 2. The molecule has 0 aliphatic carbocycles. The lowest BCUT2D eigenvalue weighted by Crippen LogP contribution is -2.34. The number of nitrogens with zero attached hydrogens (tertiary/aromatic N) is 1. The Morgan fingerprint density at radius 2 is 1.70 bits per heavy atom. The molecular weight excluding hydrogens is 382 g/mol. The summed E-state index contributed by atoms with van der Waals surface area (Å²) in [5.74, 6) is 0.390. The van der Waals surface area contributed by atoms with Crippen LogP contribution in [-0.4, -0.2) is 39.2 Å². The average molecular weight is 407 g/mol. The van der Waals surface area contributed by atoms with Gasteiger partial charge in [-0.2, -0.15) is 0 Å². The van der Waals surface area contributed by atoms with Gasteiger partial charge in [-0.1, -0.05) is 42.5 Å². The molecule has 1 amide bonds. The molecule has 3 rings (SSSR count). The van der Waals surface area contributed by atoms with E-state index < -0.39 is 5.97 Å². The Labute approximate surface area is 176 Å². The number of rotatable bonds is 8. The van der Waals surface area contributed by atoms with Crippen molar-refractivity contribution in [2.75, 3.05) is 32.3 Å². The topological polar surface area (TPSA) is 65.1 Å². The number of methoxy groups -OCH3 is 2. The normalized spacial score (nSPS) is 10.5. The van der Waals surface area contributed by atoms with Crippen LogP contribution >= 0.6 is 0 Å². The molecule has 0 aromatic heterocycles. The summed E-state index contributed by atoms with van der Waals surface area (Å²) >= 11 is 0. The lowest BCUT2D eigenvalue weighted by atomic mass is 10.1. The monoisotopic (exact) mass is 407 g/mol.